The number of furan rings is 4. The van der Waals surface area contributed by atoms with Gasteiger partial charge in [0.1, 0.15) is 44.7 Å². The second-order valence-corrected chi connectivity index (χ2v) is 32.2. The van der Waals surface area contributed by atoms with E-state index in [1.165, 1.54) is 64.6 Å². The highest BCUT2D eigenvalue weighted by Crippen LogP contribution is 2.49. The monoisotopic (exact) mass is 1580 g/mol. The first-order chi connectivity index (χ1) is 61.4. The average Bonchev–Trinajstić information content (AvgIpc) is 1.42. The predicted octanol–water partition coefficient (Wildman–Crippen LogP) is 30.9. The van der Waals surface area contributed by atoms with E-state index >= 15 is 0 Å². The molecule has 6 heterocycles. The van der Waals surface area contributed by atoms with Crippen LogP contribution in [-0.2, 0) is 0 Å². The molecule has 0 saturated carbocycles. The Labute approximate surface area is 707 Å². The van der Waals surface area contributed by atoms with Crippen LogP contribution in [0.25, 0.3) is 276 Å². The van der Waals surface area contributed by atoms with E-state index < -0.39 is 0 Å². The van der Waals surface area contributed by atoms with Gasteiger partial charge in [0.15, 0.2) is 34.9 Å². The van der Waals surface area contributed by atoms with E-state index in [9.17, 15) is 0 Å². The lowest BCUT2D eigenvalue weighted by Crippen LogP contribution is -2.00. The van der Waals surface area contributed by atoms with Gasteiger partial charge in [0.05, 0.1) is 0 Å². The van der Waals surface area contributed by atoms with E-state index in [0.717, 1.165) is 177 Å². The third-order valence-corrected chi connectivity index (χ3v) is 25.2. The molecule has 0 saturated heterocycles. The summed E-state index contributed by atoms with van der Waals surface area (Å²) >= 11 is 0. The average molecular weight is 1580 g/mol. The molecule has 574 valence electrons. The molecule has 0 amide bonds. The van der Waals surface area contributed by atoms with Crippen LogP contribution in [0.5, 0.6) is 0 Å². The van der Waals surface area contributed by atoms with Gasteiger partial charge in [-0.2, -0.15) is 0 Å². The second-order valence-electron chi connectivity index (χ2n) is 32.2. The van der Waals surface area contributed by atoms with Gasteiger partial charge in [0, 0.05) is 82.0 Å². The summed E-state index contributed by atoms with van der Waals surface area (Å²) in [5, 5.41) is 22.7. The maximum Gasteiger partial charge on any atom is 0.164 e. The summed E-state index contributed by atoms with van der Waals surface area (Å²) in [6.45, 7) is 0. The van der Waals surface area contributed by atoms with Crippen LogP contribution in [0.2, 0.25) is 0 Å². The van der Waals surface area contributed by atoms with Gasteiger partial charge in [-0.3, -0.25) is 0 Å². The largest absolute Gasteiger partial charge is 0.456 e. The number of nitrogens with zero attached hydrogens (tertiary/aromatic N) is 6. The van der Waals surface area contributed by atoms with Crippen LogP contribution in [0, 0.1) is 0 Å². The van der Waals surface area contributed by atoms with Gasteiger partial charge in [0.2, 0.25) is 0 Å². The van der Waals surface area contributed by atoms with Gasteiger partial charge in [0.25, 0.3) is 0 Å². The summed E-state index contributed by atoms with van der Waals surface area (Å²) in [4.78, 5) is 32.0. The Hall–Kier alpha value is -16.8. The third-order valence-electron chi connectivity index (χ3n) is 25.2. The molecule has 0 bridgehead atoms. The van der Waals surface area contributed by atoms with Crippen molar-refractivity contribution in [1.82, 2.24) is 29.9 Å². The van der Waals surface area contributed by atoms with Crippen molar-refractivity contribution in [2.75, 3.05) is 0 Å². The minimum Gasteiger partial charge on any atom is -0.456 e. The standard InChI is InChI=1S/C114H64N6O4/c1-2-20-67(21-3-1)109-115-111(120-114(119-109)91-36-19-40-103-107(91)90-33-13-15-38-99(90)122-103)69-48-44-66(45-49-69)78-35-18-41-104-106(78)97-64-76(72-51-55-88-84-29-7-5-25-80(84)82-27-9-11-31-86(82)94(88)60-72)63-92(108(97)124-104)73-22-16-23-74(58-73)112-116-110(117-113(118-112)75-53-57-100-95(62-75)89-32-12-14-37-98(89)121-100)68-46-42-65(43-47-68)77-34-17-39-102-105(77)96-61-71(52-56-101(96)123-102)70-50-54-87-83-28-6-4-24-79(83)81-26-8-10-30-85(81)93(87)59-70/h1-64H. The van der Waals surface area contributed by atoms with Gasteiger partial charge >= 0.3 is 0 Å². The fourth-order valence-electron chi connectivity index (χ4n) is 19.3. The molecule has 10 heteroatoms. The van der Waals surface area contributed by atoms with Crippen LogP contribution in [0.4, 0.5) is 0 Å². The van der Waals surface area contributed by atoms with E-state index in [1.807, 2.05) is 91.0 Å². The van der Waals surface area contributed by atoms with Crippen LogP contribution in [0.1, 0.15) is 0 Å². The molecule has 0 aliphatic carbocycles. The van der Waals surface area contributed by atoms with E-state index in [-0.39, 0.29) is 0 Å². The maximum absolute atomic E-state index is 7.33. The van der Waals surface area contributed by atoms with Gasteiger partial charge in [-0.1, -0.05) is 297 Å². The molecule has 0 fully saturated rings. The number of aromatic nitrogens is 6. The molecule has 20 aromatic carbocycles. The van der Waals surface area contributed by atoms with Gasteiger partial charge in [-0.15, -0.1) is 0 Å². The number of hydrogen-bond acceptors (Lipinski definition) is 10. The normalized spacial score (nSPS) is 12.0. The summed E-state index contributed by atoms with van der Waals surface area (Å²) in [5.41, 5.74) is 21.6. The first kappa shape index (κ1) is 69.2. The molecular formula is C114H64N6O4. The summed E-state index contributed by atoms with van der Waals surface area (Å²) in [6, 6.07) is 137. The fraction of sp³-hybridized carbons (Fsp3) is 0. The van der Waals surface area contributed by atoms with Crippen molar-refractivity contribution >= 4 is 152 Å². The number of fused-ring (bicyclic) bond motifs is 24. The van der Waals surface area contributed by atoms with Crippen molar-refractivity contribution in [3.8, 4) is 124 Å². The van der Waals surface area contributed by atoms with Gasteiger partial charge in [-0.25, -0.2) is 29.9 Å². The molecule has 0 aliphatic heterocycles. The Morgan fingerprint density at radius 1 is 0.129 bits per heavy atom. The highest BCUT2D eigenvalue weighted by molar-refractivity contribution is 6.28. The molecule has 26 rings (SSSR count). The molecule has 0 aliphatic rings. The summed E-state index contributed by atoms with van der Waals surface area (Å²) < 4.78 is 26.8. The Bertz CT molecular complexity index is 8940. The van der Waals surface area contributed by atoms with Crippen LogP contribution in [-0.4, -0.2) is 29.9 Å². The number of para-hydroxylation sites is 2. The molecule has 0 spiro atoms. The SMILES string of the molecule is c1ccc(-c2nc(-c3ccc(-c4cccc5oc6c(-c7cccc(-c8nc(-c9ccc(-c%10cccc%11oc%12ccc(-c%13ccc%14c%15ccccc%15c%15ccccc%15c%14c%13)cc%12c%10%11)cc9)nc(-c9ccc%10oc%11ccccc%11c%10c9)n8)c7)cc(-c7ccc8c9ccccc9c9ccccc9c8c7)cc6c45)cc3)nc(-c3cccc4oc5ccccc5c34)n2)cc1. The van der Waals surface area contributed by atoms with Crippen LogP contribution in [0.3, 0.4) is 0 Å². The van der Waals surface area contributed by atoms with Crippen molar-refractivity contribution in [3.05, 3.63) is 388 Å². The van der Waals surface area contributed by atoms with Gasteiger partial charge in [-0.05, 0) is 206 Å². The lowest BCUT2D eigenvalue weighted by molar-refractivity contribution is 0.668. The Balaban J connectivity index is 0.612. The lowest BCUT2D eigenvalue weighted by Gasteiger charge is -2.14. The van der Waals surface area contributed by atoms with E-state index in [0.29, 0.717) is 34.9 Å². The zero-order chi connectivity index (χ0) is 81.2. The van der Waals surface area contributed by atoms with Crippen LogP contribution in [0.15, 0.2) is 406 Å². The van der Waals surface area contributed by atoms with Crippen LogP contribution >= 0.6 is 0 Å². The van der Waals surface area contributed by atoms with E-state index in [4.69, 9.17) is 47.6 Å². The van der Waals surface area contributed by atoms with Crippen molar-refractivity contribution in [3.63, 3.8) is 0 Å². The minimum absolute atomic E-state index is 0.506. The molecular weight excluding hydrogens is 1520 g/mol. The van der Waals surface area contributed by atoms with Crippen molar-refractivity contribution in [2.24, 2.45) is 0 Å². The van der Waals surface area contributed by atoms with Gasteiger partial charge < -0.3 is 17.7 Å². The molecule has 124 heavy (non-hydrogen) atoms. The second kappa shape index (κ2) is 27.4. The number of hydrogen-bond donors (Lipinski definition) is 0. The maximum atomic E-state index is 7.33. The third kappa shape index (κ3) is 11.1. The number of rotatable bonds is 11. The quantitative estimate of drug-likeness (QED) is 0.115. The predicted molar refractivity (Wildman–Crippen MR) is 507 cm³/mol. The lowest BCUT2D eigenvalue weighted by atomic mass is 9.90. The van der Waals surface area contributed by atoms with Crippen molar-refractivity contribution < 1.29 is 17.7 Å². The molecule has 0 N–H and O–H groups in total. The van der Waals surface area contributed by atoms with Crippen LogP contribution < -0.4 is 0 Å². The van der Waals surface area contributed by atoms with Crippen molar-refractivity contribution in [1.29, 1.82) is 0 Å². The highest BCUT2D eigenvalue weighted by Gasteiger charge is 2.25. The van der Waals surface area contributed by atoms with E-state index in [2.05, 4.69) is 297 Å². The summed E-state index contributed by atoms with van der Waals surface area (Å²) in [6.07, 6.45) is 0. The molecule has 10 nitrogen and oxygen atoms in total. The molecule has 6 aromatic heterocycles. The Morgan fingerprint density at radius 3 is 0.984 bits per heavy atom. The Kier molecular flexibility index (Phi) is 15.3. The number of benzene rings is 20. The Morgan fingerprint density at radius 2 is 0.435 bits per heavy atom. The molecule has 0 atom stereocenters. The molecule has 0 unspecified atom stereocenters. The first-order valence-corrected chi connectivity index (χ1v) is 41.7. The first-order valence-electron chi connectivity index (χ1n) is 41.7. The topological polar surface area (TPSA) is 130 Å². The van der Waals surface area contributed by atoms with E-state index in [1.54, 1.807) is 0 Å². The molecule has 26 aromatic rings. The zero-order valence-electron chi connectivity index (χ0n) is 66.3. The highest BCUT2D eigenvalue weighted by atomic mass is 16.3. The summed E-state index contributed by atoms with van der Waals surface area (Å²) in [7, 11) is 0. The zero-order valence-corrected chi connectivity index (χ0v) is 66.3. The van der Waals surface area contributed by atoms with Crippen molar-refractivity contribution in [2.45, 2.75) is 0 Å². The summed E-state index contributed by atoms with van der Waals surface area (Å²) in [5.74, 6) is 3.22. The molecule has 0 radical (unpaired) electrons. The fourth-order valence-corrected chi connectivity index (χ4v) is 19.3. The smallest absolute Gasteiger partial charge is 0.164 e. The minimum atomic E-state index is 0.506.